The molecule has 0 bridgehead atoms. The Balaban J connectivity index is 1.92. The van der Waals surface area contributed by atoms with Crippen LogP contribution in [0.5, 0.6) is 0 Å². The molecule has 1 aromatic heterocycles. The van der Waals surface area contributed by atoms with Gasteiger partial charge >= 0.3 is 5.97 Å². The quantitative estimate of drug-likeness (QED) is 0.746. The lowest BCUT2D eigenvalue weighted by Gasteiger charge is -2.03. The smallest absolute Gasteiger partial charge is 0.343 e. The van der Waals surface area contributed by atoms with Crippen molar-refractivity contribution in [2.45, 2.75) is 6.92 Å². The number of nitrogens with one attached hydrogen (secondary N) is 1. The first-order chi connectivity index (χ1) is 12.5. The summed E-state index contributed by atoms with van der Waals surface area (Å²) < 4.78 is 5.06. The van der Waals surface area contributed by atoms with Crippen molar-refractivity contribution in [1.82, 2.24) is 5.16 Å². The molecule has 3 aromatic rings. The Bertz CT molecular complexity index is 1010. The number of hydrogen-bond acceptors (Lipinski definition) is 5. The second-order valence-corrected chi connectivity index (χ2v) is 5.55. The van der Waals surface area contributed by atoms with Crippen LogP contribution in [0.2, 0.25) is 0 Å². The SMILES string of the molecule is Cc1ccc(-c2noc(NC(=O)c3ccc(C#N)cc3)c2C(=O)O)cc1. The minimum atomic E-state index is -1.27. The number of amides is 1. The second kappa shape index (κ2) is 6.91. The number of hydrogen-bond donors (Lipinski definition) is 2. The van der Waals surface area contributed by atoms with E-state index in [2.05, 4.69) is 10.5 Å². The van der Waals surface area contributed by atoms with E-state index in [4.69, 9.17) is 9.78 Å². The molecule has 1 amide bonds. The van der Waals surface area contributed by atoms with Crippen LogP contribution in [0.25, 0.3) is 11.3 Å². The summed E-state index contributed by atoms with van der Waals surface area (Å²) in [5.74, 6) is -2.08. The van der Waals surface area contributed by atoms with E-state index in [1.807, 2.05) is 25.1 Å². The predicted octanol–water partition coefficient (Wildman–Crippen LogP) is 3.47. The number of aryl methyl sites for hydroxylation is 1. The van der Waals surface area contributed by atoms with Gasteiger partial charge in [0.2, 0.25) is 5.88 Å². The van der Waals surface area contributed by atoms with Crippen molar-refractivity contribution in [3.63, 3.8) is 0 Å². The van der Waals surface area contributed by atoms with Crippen molar-refractivity contribution in [2.75, 3.05) is 5.32 Å². The van der Waals surface area contributed by atoms with Crippen molar-refractivity contribution in [2.24, 2.45) is 0 Å². The molecule has 0 aliphatic rings. The number of nitrogens with zero attached hydrogens (tertiary/aromatic N) is 2. The number of carboxylic acid groups (broad SMARTS) is 1. The molecular weight excluding hydrogens is 334 g/mol. The summed E-state index contributed by atoms with van der Waals surface area (Å²) >= 11 is 0. The fourth-order valence-electron chi connectivity index (χ4n) is 2.35. The van der Waals surface area contributed by atoms with E-state index >= 15 is 0 Å². The molecule has 26 heavy (non-hydrogen) atoms. The Kier molecular flexibility index (Phi) is 4.50. The summed E-state index contributed by atoms with van der Waals surface area (Å²) in [6.45, 7) is 1.91. The molecule has 1 heterocycles. The molecule has 0 atom stereocenters. The highest BCUT2D eigenvalue weighted by molar-refractivity contribution is 6.08. The molecule has 0 spiro atoms. The lowest BCUT2D eigenvalue weighted by atomic mass is 10.1. The summed E-state index contributed by atoms with van der Waals surface area (Å²) in [4.78, 5) is 24.0. The van der Waals surface area contributed by atoms with Crippen LogP contribution in [0.1, 0.15) is 31.8 Å². The van der Waals surface area contributed by atoms with Crippen molar-refractivity contribution in [3.05, 3.63) is 70.8 Å². The Morgan fingerprint density at radius 2 is 1.77 bits per heavy atom. The molecule has 3 rings (SSSR count). The van der Waals surface area contributed by atoms with Crippen LogP contribution in [0.3, 0.4) is 0 Å². The molecule has 0 saturated heterocycles. The maximum absolute atomic E-state index is 12.3. The van der Waals surface area contributed by atoms with Gasteiger partial charge in [-0.2, -0.15) is 5.26 Å². The largest absolute Gasteiger partial charge is 0.477 e. The maximum atomic E-state index is 12.3. The van der Waals surface area contributed by atoms with Gasteiger partial charge in [0.05, 0.1) is 11.6 Å². The average Bonchev–Trinajstić information content (AvgIpc) is 3.06. The molecule has 0 aliphatic carbocycles. The third kappa shape index (κ3) is 3.30. The highest BCUT2D eigenvalue weighted by Crippen LogP contribution is 2.29. The van der Waals surface area contributed by atoms with E-state index in [0.717, 1.165) is 5.56 Å². The van der Waals surface area contributed by atoms with Gasteiger partial charge in [-0.05, 0) is 31.2 Å². The standard InChI is InChI=1S/C19H13N3O4/c1-11-2-6-13(7-3-11)16-15(19(24)25)18(26-22-16)21-17(23)14-8-4-12(10-20)5-9-14/h2-9H,1H3,(H,21,23)(H,24,25). The van der Waals surface area contributed by atoms with Crippen molar-refractivity contribution >= 4 is 17.8 Å². The molecule has 128 valence electrons. The number of benzene rings is 2. The summed E-state index contributed by atoms with van der Waals surface area (Å²) in [6, 6.07) is 15.0. The van der Waals surface area contributed by atoms with Gasteiger partial charge in [-0.3, -0.25) is 10.1 Å². The van der Waals surface area contributed by atoms with E-state index in [1.165, 1.54) is 24.3 Å². The van der Waals surface area contributed by atoms with Crippen LogP contribution in [-0.2, 0) is 0 Å². The molecule has 0 unspecified atom stereocenters. The van der Waals surface area contributed by atoms with Crippen LogP contribution in [0.4, 0.5) is 5.88 Å². The van der Waals surface area contributed by atoms with E-state index in [-0.39, 0.29) is 22.7 Å². The lowest BCUT2D eigenvalue weighted by molar-refractivity contribution is 0.0698. The Morgan fingerprint density at radius 1 is 1.12 bits per heavy atom. The summed E-state index contributed by atoms with van der Waals surface area (Å²) in [6.07, 6.45) is 0. The van der Waals surface area contributed by atoms with Gasteiger partial charge in [0.1, 0.15) is 5.69 Å². The van der Waals surface area contributed by atoms with Crippen molar-refractivity contribution in [3.8, 4) is 17.3 Å². The van der Waals surface area contributed by atoms with Gasteiger partial charge in [-0.1, -0.05) is 35.0 Å². The highest BCUT2D eigenvalue weighted by atomic mass is 16.5. The van der Waals surface area contributed by atoms with Crippen LogP contribution >= 0.6 is 0 Å². The second-order valence-electron chi connectivity index (χ2n) is 5.55. The number of rotatable bonds is 4. The van der Waals surface area contributed by atoms with E-state index in [0.29, 0.717) is 11.1 Å². The molecular formula is C19H13N3O4. The minimum absolute atomic E-state index is 0.132. The minimum Gasteiger partial charge on any atom is -0.477 e. The Labute approximate surface area is 148 Å². The van der Waals surface area contributed by atoms with Crippen molar-refractivity contribution in [1.29, 1.82) is 5.26 Å². The van der Waals surface area contributed by atoms with Gasteiger partial charge in [-0.15, -0.1) is 0 Å². The zero-order valence-corrected chi connectivity index (χ0v) is 13.7. The molecule has 2 aromatic carbocycles. The number of carbonyl (C=O) groups excluding carboxylic acids is 1. The monoisotopic (exact) mass is 347 g/mol. The first kappa shape index (κ1) is 16.9. The van der Waals surface area contributed by atoms with Gasteiger partial charge in [0.15, 0.2) is 5.56 Å². The van der Waals surface area contributed by atoms with Gasteiger partial charge < -0.3 is 9.63 Å². The zero-order chi connectivity index (χ0) is 18.7. The van der Waals surface area contributed by atoms with Crippen molar-refractivity contribution < 1.29 is 19.2 Å². The lowest BCUT2D eigenvalue weighted by Crippen LogP contribution is -2.14. The molecule has 7 heteroatoms. The van der Waals surface area contributed by atoms with Crippen LogP contribution in [0.15, 0.2) is 53.1 Å². The average molecular weight is 347 g/mol. The number of anilines is 1. The van der Waals surface area contributed by atoms with Gasteiger partial charge in [0.25, 0.3) is 5.91 Å². The predicted molar refractivity (Wildman–Crippen MR) is 92.7 cm³/mol. The highest BCUT2D eigenvalue weighted by Gasteiger charge is 2.25. The number of carbonyl (C=O) groups is 2. The van der Waals surface area contributed by atoms with Gasteiger partial charge in [0, 0.05) is 11.1 Å². The molecule has 7 nitrogen and oxygen atoms in total. The Hall–Kier alpha value is -3.92. The van der Waals surface area contributed by atoms with Gasteiger partial charge in [-0.25, -0.2) is 4.79 Å². The van der Waals surface area contributed by atoms with Crippen LogP contribution in [-0.4, -0.2) is 22.1 Å². The fraction of sp³-hybridized carbons (Fsp3) is 0.0526. The number of aromatic nitrogens is 1. The Morgan fingerprint density at radius 3 is 2.35 bits per heavy atom. The van der Waals surface area contributed by atoms with Crippen LogP contribution in [0, 0.1) is 18.3 Å². The molecule has 2 N–H and O–H groups in total. The van der Waals surface area contributed by atoms with E-state index in [1.54, 1.807) is 12.1 Å². The number of aromatic carboxylic acids is 1. The van der Waals surface area contributed by atoms with E-state index < -0.39 is 11.9 Å². The third-order valence-electron chi connectivity index (χ3n) is 3.73. The van der Waals surface area contributed by atoms with Crippen LogP contribution < -0.4 is 5.32 Å². The zero-order valence-electron chi connectivity index (χ0n) is 13.7. The number of carboxylic acids is 1. The molecule has 0 saturated carbocycles. The summed E-state index contributed by atoms with van der Waals surface area (Å²) in [5, 5.41) is 24.5. The van der Waals surface area contributed by atoms with E-state index in [9.17, 15) is 14.7 Å². The first-order valence-corrected chi connectivity index (χ1v) is 7.61. The molecule has 0 aliphatic heterocycles. The maximum Gasteiger partial charge on any atom is 0.343 e. The topological polar surface area (TPSA) is 116 Å². The normalized spacial score (nSPS) is 10.2. The molecule has 0 fully saturated rings. The molecule has 0 radical (unpaired) electrons. The third-order valence-corrected chi connectivity index (χ3v) is 3.73. The first-order valence-electron chi connectivity index (χ1n) is 7.61. The summed E-state index contributed by atoms with van der Waals surface area (Å²) in [5.41, 5.74) is 2.16. The fourth-order valence-corrected chi connectivity index (χ4v) is 2.35. The summed E-state index contributed by atoms with van der Waals surface area (Å²) in [7, 11) is 0. The number of nitriles is 1.